The molecule has 76 valence electrons. The van der Waals surface area contributed by atoms with Crippen molar-refractivity contribution >= 4 is 5.95 Å². The molecule has 15 heavy (non-hydrogen) atoms. The van der Waals surface area contributed by atoms with Gasteiger partial charge in [0.25, 0.3) is 11.8 Å². The smallest absolute Gasteiger partial charge is 0.275 e. The quantitative estimate of drug-likeness (QED) is 0.787. The molecule has 0 aromatic carbocycles. The van der Waals surface area contributed by atoms with E-state index in [4.69, 9.17) is 9.78 Å². The van der Waals surface area contributed by atoms with Crippen molar-refractivity contribution in [3.8, 4) is 17.7 Å². The number of anilines is 1. The van der Waals surface area contributed by atoms with Crippen LogP contribution in [-0.4, -0.2) is 29.2 Å². The van der Waals surface area contributed by atoms with Crippen LogP contribution in [0.15, 0.2) is 16.8 Å². The lowest BCUT2D eigenvalue weighted by Gasteiger charge is -2.02. The zero-order valence-electron chi connectivity index (χ0n) is 8.35. The number of aromatic amines is 1. The van der Waals surface area contributed by atoms with Gasteiger partial charge in [-0.1, -0.05) is 0 Å². The van der Waals surface area contributed by atoms with Crippen molar-refractivity contribution in [2.45, 2.75) is 0 Å². The normalized spacial score (nSPS) is 9.93. The van der Waals surface area contributed by atoms with Gasteiger partial charge in [-0.05, 0) is 11.2 Å². The third-order valence-corrected chi connectivity index (χ3v) is 1.86. The predicted molar refractivity (Wildman–Crippen MR) is 53.1 cm³/mol. The maximum atomic E-state index is 8.65. The fraction of sp³-hybridized carbons (Fsp3) is 0.222. The Hall–Kier alpha value is -2.29. The summed E-state index contributed by atoms with van der Waals surface area (Å²) in [5.41, 5.74) is 1.18. The minimum absolute atomic E-state index is 0.375. The summed E-state index contributed by atoms with van der Waals surface area (Å²) in [5.74, 6) is 0.873. The molecule has 2 aromatic heterocycles. The lowest BCUT2D eigenvalue weighted by atomic mass is 10.3. The van der Waals surface area contributed by atoms with Crippen LogP contribution in [0.1, 0.15) is 5.56 Å². The van der Waals surface area contributed by atoms with Crippen LogP contribution in [0.3, 0.4) is 0 Å². The Balaban J connectivity index is 2.34. The highest BCUT2D eigenvalue weighted by atomic mass is 16.5. The molecule has 6 heteroatoms. The summed E-state index contributed by atoms with van der Waals surface area (Å²) in [6.07, 6.45) is 1.59. The van der Waals surface area contributed by atoms with Crippen LogP contribution >= 0.6 is 0 Å². The van der Waals surface area contributed by atoms with Gasteiger partial charge in [0.15, 0.2) is 0 Å². The van der Waals surface area contributed by atoms with Crippen LogP contribution in [-0.2, 0) is 0 Å². The van der Waals surface area contributed by atoms with Gasteiger partial charge in [-0.2, -0.15) is 10.2 Å². The molecule has 0 unspecified atom stereocenters. The van der Waals surface area contributed by atoms with Gasteiger partial charge in [0, 0.05) is 20.3 Å². The summed E-state index contributed by atoms with van der Waals surface area (Å²) in [5, 5.41) is 12.4. The third-order valence-electron chi connectivity index (χ3n) is 1.86. The van der Waals surface area contributed by atoms with E-state index in [2.05, 4.69) is 15.1 Å². The minimum Gasteiger partial charge on any atom is -0.356 e. The number of rotatable bonds is 2. The molecule has 0 atom stereocenters. The maximum Gasteiger partial charge on any atom is 0.275 e. The predicted octanol–water partition coefficient (Wildman–Crippen LogP) is 1.00. The molecule has 0 fully saturated rings. The molecule has 1 N–H and O–H groups in total. The molecule has 0 saturated heterocycles. The van der Waals surface area contributed by atoms with Crippen molar-refractivity contribution in [2.24, 2.45) is 0 Å². The summed E-state index contributed by atoms with van der Waals surface area (Å²) < 4.78 is 5.03. The monoisotopic (exact) mass is 203 g/mol. The number of hydrogen-bond acceptors (Lipinski definition) is 5. The molecular weight excluding hydrogens is 194 g/mol. The summed E-state index contributed by atoms with van der Waals surface area (Å²) in [4.78, 5) is 8.76. The number of hydrogen-bond donors (Lipinski definition) is 1. The van der Waals surface area contributed by atoms with Gasteiger partial charge in [0.2, 0.25) is 0 Å². The summed E-state index contributed by atoms with van der Waals surface area (Å²) in [7, 11) is 3.65. The average Bonchev–Trinajstić information content (AvgIpc) is 2.86. The van der Waals surface area contributed by atoms with Crippen LogP contribution in [0.5, 0.6) is 0 Å². The Labute approximate surface area is 86.1 Å². The Morgan fingerprint density at radius 1 is 1.53 bits per heavy atom. The first-order chi connectivity index (χ1) is 7.20. The van der Waals surface area contributed by atoms with Crippen molar-refractivity contribution in [2.75, 3.05) is 19.0 Å². The molecule has 2 rings (SSSR count). The zero-order valence-corrected chi connectivity index (χ0v) is 8.35. The standard InChI is InChI=1S/C9H9N5O/c1-14(2)9-12-8(15-13-9)7-3-6(4-10)5-11-7/h3,5,11H,1-2H3. The van der Waals surface area contributed by atoms with Crippen molar-refractivity contribution in [3.05, 3.63) is 17.8 Å². The minimum atomic E-state index is 0.375. The van der Waals surface area contributed by atoms with E-state index in [-0.39, 0.29) is 0 Å². The topological polar surface area (TPSA) is 81.7 Å². The Bertz CT molecular complexity index is 505. The van der Waals surface area contributed by atoms with E-state index in [1.807, 2.05) is 20.2 Å². The van der Waals surface area contributed by atoms with E-state index >= 15 is 0 Å². The van der Waals surface area contributed by atoms with Crippen molar-refractivity contribution in [3.63, 3.8) is 0 Å². The second-order valence-corrected chi connectivity index (χ2v) is 3.21. The van der Waals surface area contributed by atoms with E-state index < -0.39 is 0 Å². The number of aromatic nitrogens is 3. The van der Waals surface area contributed by atoms with Crippen molar-refractivity contribution in [1.82, 2.24) is 15.1 Å². The van der Waals surface area contributed by atoms with Crippen molar-refractivity contribution < 1.29 is 4.52 Å². The van der Waals surface area contributed by atoms with Crippen LogP contribution < -0.4 is 4.90 Å². The highest BCUT2D eigenvalue weighted by Gasteiger charge is 2.11. The third kappa shape index (κ3) is 1.67. The van der Waals surface area contributed by atoms with Gasteiger partial charge in [-0.15, -0.1) is 0 Å². The van der Waals surface area contributed by atoms with Gasteiger partial charge >= 0.3 is 0 Å². The van der Waals surface area contributed by atoms with E-state index in [9.17, 15) is 0 Å². The molecule has 2 heterocycles. The van der Waals surface area contributed by atoms with E-state index in [0.717, 1.165) is 0 Å². The fourth-order valence-corrected chi connectivity index (χ4v) is 1.09. The molecule has 2 aromatic rings. The van der Waals surface area contributed by atoms with Gasteiger partial charge in [0.1, 0.15) is 11.8 Å². The summed E-state index contributed by atoms with van der Waals surface area (Å²) in [6, 6.07) is 3.67. The molecule has 0 aliphatic carbocycles. The van der Waals surface area contributed by atoms with Crippen LogP contribution in [0, 0.1) is 11.3 Å². The van der Waals surface area contributed by atoms with Gasteiger partial charge in [-0.3, -0.25) is 0 Å². The highest BCUT2D eigenvalue weighted by molar-refractivity contribution is 5.52. The fourth-order valence-electron chi connectivity index (χ4n) is 1.09. The molecule has 0 spiro atoms. The molecule has 6 nitrogen and oxygen atoms in total. The first-order valence-corrected chi connectivity index (χ1v) is 4.30. The highest BCUT2D eigenvalue weighted by Crippen LogP contribution is 2.18. The number of nitrogens with one attached hydrogen (secondary N) is 1. The summed E-state index contributed by atoms with van der Waals surface area (Å²) >= 11 is 0. The molecule has 0 saturated carbocycles. The van der Waals surface area contributed by atoms with Crippen LogP contribution in [0.25, 0.3) is 11.6 Å². The lowest BCUT2D eigenvalue weighted by molar-refractivity contribution is 0.429. The average molecular weight is 203 g/mol. The number of H-pyrrole nitrogens is 1. The first-order valence-electron chi connectivity index (χ1n) is 4.30. The van der Waals surface area contributed by atoms with Crippen LogP contribution in [0.2, 0.25) is 0 Å². The van der Waals surface area contributed by atoms with Crippen LogP contribution in [0.4, 0.5) is 5.95 Å². The molecule has 0 radical (unpaired) electrons. The maximum absolute atomic E-state index is 8.65. The molecule has 0 aliphatic heterocycles. The largest absolute Gasteiger partial charge is 0.356 e. The van der Waals surface area contributed by atoms with Crippen molar-refractivity contribution in [1.29, 1.82) is 5.26 Å². The first kappa shape index (κ1) is 9.27. The second-order valence-electron chi connectivity index (χ2n) is 3.21. The molecule has 0 amide bonds. The number of nitrogens with zero attached hydrogens (tertiary/aromatic N) is 4. The molecule has 0 aliphatic rings. The lowest BCUT2D eigenvalue weighted by Crippen LogP contribution is -2.09. The Morgan fingerprint density at radius 2 is 2.33 bits per heavy atom. The second kappa shape index (κ2) is 3.46. The molecule has 0 bridgehead atoms. The molecular formula is C9H9N5O. The number of nitriles is 1. The SMILES string of the molecule is CN(C)c1noc(-c2cc(C#N)c[nH]2)n1. The van der Waals surface area contributed by atoms with E-state index in [0.29, 0.717) is 23.1 Å². The Morgan fingerprint density at radius 3 is 2.87 bits per heavy atom. The van der Waals surface area contributed by atoms with E-state index in [1.54, 1.807) is 17.2 Å². The zero-order chi connectivity index (χ0) is 10.8. The summed E-state index contributed by atoms with van der Waals surface area (Å²) in [6.45, 7) is 0. The van der Waals surface area contributed by atoms with E-state index in [1.165, 1.54) is 0 Å². The van der Waals surface area contributed by atoms with Gasteiger partial charge in [0.05, 0.1) is 5.56 Å². The van der Waals surface area contributed by atoms with Gasteiger partial charge < -0.3 is 14.4 Å². The van der Waals surface area contributed by atoms with Gasteiger partial charge in [-0.25, -0.2) is 0 Å². The Kier molecular flexibility index (Phi) is 2.14.